The predicted molar refractivity (Wildman–Crippen MR) is 89.2 cm³/mol. The lowest BCUT2D eigenvalue weighted by molar-refractivity contribution is -0.121. The summed E-state index contributed by atoms with van der Waals surface area (Å²) < 4.78 is 5.10. The summed E-state index contributed by atoms with van der Waals surface area (Å²) in [5.41, 5.74) is 2.26. The van der Waals surface area contributed by atoms with E-state index in [0.29, 0.717) is 13.0 Å². The minimum Gasteiger partial charge on any atom is -0.497 e. The third-order valence-corrected chi connectivity index (χ3v) is 3.68. The number of carbonyl (C=O) groups is 1. The molecule has 0 atom stereocenters. The van der Waals surface area contributed by atoms with Crippen molar-refractivity contribution in [2.75, 3.05) is 7.11 Å². The van der Waals surface area contributed by atoms with Crippen molar-refractivity contribution in [1.29, 1.82) is 0 Å². The SMILES string of the molecule is COc1ccc(CNC(=O)CCCc2ccc(Cl)cc2)cc1. The van der Waals surface area contributed by atoms with E-state index < -0.39 is 0 Å². The highest BCUT2D eigenvalue weighted by atomic mass is 35.5. The van der Waals surface area contributed by atoms with Crippen LogP contribution in [-0.4, -0.2) is 13.0 Å². The van der Waals surface area contributed by atoms with Crippen LogP contribution >= 0.6 is 11.6 Å². The van der Waals surface area contributed by atoms with Gasteiger partial charge < -0.3 is 10.1 Å². The number of methoxy groups -OCH3 is 1. The normalized spacial score (nSPS) is 10.3. The van der Waals surface area contributed by atoms with Gasteiger partial charge in [0.15, 0.2) is 0 Å². The number of aryl methyl sites for hydroxylation is 1. The van der Waals surface area contributed by atoms with Crippen LogP contribution in [0.4, 0.5) is 0 Å². The van der Waals surface area contributed by atoms with Crippen LogP contribution in [0.15, 0.2) is 48.5 Å². The molecule has 0 unspecified atom stereocenters. The van der Waals surface area contributed by atoms with Crippen molar-refractivity contribution >= 4 is 17.5 Å². The summed E-state index contributed by atoms with van der Waals surface area (Å²) in [5.74, 6) is 0.892. The van der Waals surface area contributed by atoms with Crippen LogP contribution in [-0.2, 0) is 17.8 Å². The molecule has 116 valence electrons. The van der Waals surface area contributed by atoms with Gasteiger partial charge in [-0.1, -0.05) is 35.9 Å². The molecule has 0 aliphatic rings. The first-order chi connectivity index (χ1) is 10.7. The van der Waals surface area contributed by atoms with E-state index in [4.69, 9.17) is 16.3 Å². The molecule has 2 aromatic rings. The molecule has 0 fully saturated rings. The Morgan fingerprint density at radius 2 is 1.68 bits per heavy atom. The number of hydrogen-bond donors (Lipinski definition) is 1. The molecular weight excluding hydrogens is 298 g/mol. The molecular formula is C18H20ClNO2. The van der Waals surface area contributed by atoms with Crippen LogP contribution in [0.5, 0.6) is 5.75 Å². The highest BCUT2D eigenvalue weighted by Crippen LogP contribution is 2.12. The van der Waals surface area contributed by atoms with E-state index in [0.717, 1.165) is 29.2 Å². The first-order valence-electron chi connectivity index (χ1n) is 7.31. The minimum atomic E-state index is 0.0739. The van der Waals surface area contributed by atoms with E-state index in [1.807, 2.05) is 48.5 Å². The highest BCUT2D eigenvalue weighted by Gasteiger charge is 2.02. The van der Waals surface area contributed by atoms with Crippen molar-refractivity contribution in [2.24, 2.45) is 0 Å². The van der Waals surface area contributed by atoms with Gasteiger partial charge in [0.05, 0.1) is 7.11 Å². The van der Waals surface area contributed by atoms with Gasteiger partial charge in [-0.15, -0.1) is 0 Å². The number of halogens is 1. The Kier molecular flexibility index (Phi) is 6.28. The molecule has 1 N–H and O–H groups in total. The number of nitrogens with one attached hydrogen (secondary N) is 1. The van der Waals surface area contributed by atoms with Gasteiger partial charge in [0.2, 0.25) is 5.91 Å². The summed E-state index contributed by atoms with van der Waals surface area (Å²) >= 11 is 5.84. The highest BCUT2D eigenvalue weighted by molar-refractivity contribution is 6.30. The Morgan fingerprint density at radius 1 is 1.05 bits per heavy atom. The fourth-order valence-electron chi connectivity index (χ4n) is 2.14. The molecule has 0 heterocycles. The van der Waals surface area contributed by atoms with Crippen LogP contribution in [0, 0.1) is 0 Å². The second-order valence-corrected chi connectivity index (χ2v) is 5.54. The molecule has 1 amide bonds. The summed E-state index contributed by atoms with van der Waals surface area (Å²) in [6.07, 6.45) is 2.24. The van der Waals surface area contributed by atoms with Crippen LogP contribution < -0.4 is 10.1 Å². The standard InChI is InChI=1S/C18H20ClNO2/c1-22-17-11-7-15(8-12-17)13-20-18(21)4-2-3-14-5-9-16(19)10-6-14/h5-12H,2-4,13H2,1H3,(H,20,21). The molecule has 2 aromatic carbocycles. The van der Waals surface area contributed by atoms with Gasteiger partial charge in [-0.05, 0) is 48.2 Å². The molecule has 0 aliphatic carbocycles. The molecule has 22 heavy (non-hydrogen) atoms. The Morgan fingerprint density at radius 3 is 2.32 bits per heavy atom. The molecule has 0 aliphatic heterocycles. The van der Waals surface area contributed by atoms with Crippen molar-refractivity contribution in [1.82, 2.24) is 5.32 Å². The largest absolute Gasteiger partial charge is 0.497 e. The van der Waals surface area contributed by atoms with E-state index in [2.05, 4.69) is 5.32 Å². The summed E-state index contributed by atoms with van der Waals surface area (Å²) in [4.78, 5) is 11.8. The molecule has 3 nitrogen and oxygen atoms in total. The Hall–Kier alpha value is -2.00. The number of benzene rings is 2. The molecule has 0 saturated carbocycles. The number of ether oxygens (including phenoxy) is 1. The molecule has 0 aromatic heterocycles. The van der Waals surface area contributed by atoms with Gasteiger partial charge in [0, 0.05) is 18.0 Å². The second-order valence-electron chi connectivity index (χ2n) is 5.10. The quantitative estimate of drug-likeness (QED) is 0.838. The second kappa shape index (κ2) is 8.44. The van der Waals surface area contributed by atoms with Crippen molar-refractivity contribution in [3.63, 3.8) is 0 Å². The lowest BCUT2D eigenvalue weighted by Crippen LogP contribution is -2.22. The summed E-state index contributed by atoms with van der Waals surface area (Å²) in [6, 6.07) is 15.4. The van der Waals surface area contributed by atoms with E-state index in [9.17, 15) is 4.79 Å². The number of rotatable bonds is 7. The average Bonchev–Trinajstić information content (AvgIpc) is 2.55. The molecule has 0 spiro atoms. The van der Waals surface area contributed by atoms with E-state index in [1.165, 1.54) is 5.56 Å². The zero-order valence-corrected chi connectivity index (χ0v) is 13.4. The Bertz CT molecular complexity index is 593. The summed E-state index contributed by atoms with van der Waals surface area (Å²) in [7, 11) is 1.64. The third-order valence-electron chi connectivity index (χ3n) is 3.43. The van der Waals surface area contributed by atoms with Crippen molar-refractivity contribution in [3.05, 3.63) is 64.7 Å². The number of carbonyl (C=O) groups excluding carboxylic acids is 1. The molecule has 0 bridgehead atoms. The number of amides is 1. The lowest BCUT2D eigenvalue weighted by atomic mass is 10.1. The average molecular weight is 318 g/mol. The van der Waals surface area contributed by atoms with Crippen LogP contribution in [0.1, 0.15) is 24.0 Å². The minimum absolute atomic E-state index is 0.0739. The maximum atomic E-state index is 11.8. The van der Waals surface area contributed by atoms with Crippen molar-refractivity contribution in [3.8, 4) is 5.75 Å². The first kappa shape index (κ1) is 16.4. The van der Waals surface area contributed by atoms with E-state index in [1.54, 1.807) is 7.11 Å². The Balaban J connectivity index is 1.68. The maximum absolute atomic E-state index is 11.8. The third kappa shape index (κ3) is 5.41. The van der Waals surface area contributed by atoms with Gasteiger partial charge in [0.1, 0.15) is 5.75 Å². The maximum Gasteiger partial charge on any atom is 0.220 e. The number of hydrogen-bond acceptors (Lipinski definition) is 2. The van der Waals surface area contributed by atoms with E-state index >= 15 is 0 Å². The summed E-state index contributed by atoms with van der Waals surface area (Å²) in [6.45, 7) is 0.545. The van der Waals surface area contributed by atoms with Gasteiger partial charge >= 0.3 is 0 Å². The van der Waals surface area contributed by atoms with Gasteiger partial charge in [-0.3, -0.25) is 4.79 Å². The summed E-state index contributed by atoms with van der Waals surface area (Å²) in [5, 5.41) is 3.67. The van der Waals surface area contributed by atoms with E-state index in [-0.39, 0.29) is 5.91 Å². The van der Waals surface area contributed by atoms with Crippen LogP contribution in [0.2, 0.25) is 5.02 Å². The van der Waals surface area contributed by atoms with Crippen molar-refractivity contribution < 1.29 is 9.53 Å². The molecule has 2 rings (SSSR count). The molecule has 4 heteroatoms. The molecule has 0 radical (unpaired) electrons. The monoisotopic (exact) mass is 317 g/mol. The van der Waals surface area contributed by atoms with Gasteiger partial charge in [0.25, 0.3) is 0 Å². The first-order valence-corrected chi connectivity index (χ1v) is 7.69. The fraction of sp³-hybridized carbons (Fsp3) is 0.278. The van der Waals surface area contributed by atoms with Gasteiger partial charge in [-0.2, -0.15) is 0 Å². The molecule has 0 saturated heterocycles. The van der Waals surface area contributed by atoms with Crippen LogP contribution in [0.25, 0.3) is 0 Å². The lowest BCUT2D eigenvalue weighted by Gasteiger charge is -2.06. The predicted octanol–water partition coefficient (Wildman–Crippen LogP) is 3.99. The van der Waals surface area contributed by atoms with Gasteiger partial charge in [-0.25, -0.2) is 0 Å². The fourth-order valence-corrected chi connectivity index (χ4v) is 2.26. The Labute approximate surface area is 136 Å². The zero-order chi connectivity index (χ0) is 15.8. The zero-order valence-electron chi connectivity index (χ0n) is 12.6. The smallest absolute Gasteiger partial charge is 0.220 e. The van der Waals surface area contributed by atoms with Crippen LogP contribution in [0.3, 0.4) is 0 Å². The van der Waals surface area contributed by atoms with Crippen molar-refractivity contribution in [2.45, 2.75) is 25.8 Å². The topological polar surface area (TPSA) is 38.3 Å².